The molecule has 1 aromatic carbocycles. The molecule has 2 unspecified atom stereocenters. The van der Waals surface area contributed by atoms with E-state index < -0.39 is 0 Å². The Labute approximate surface area is 123 Å². The Balaban J connectivity index is 1.75. The van der Waals surface area contributed by atoms with Gasteiger partial charge in [0.25, 0.3) is 0 Å². The smallest absolute Gasteiger partial charge is 0.119 e. The lowest BCUT2D eigenvalue weighted by molar-refractivity contribution is 0.0188. The lowest BCUT2D eigenvalue weighted by atomic mass is 10.2. The number of rotatable bonds is 6. The standard InChI is InChI=1S/C15H22BrNO2/c1-3-17-9-13-4-5-14(19-13)10-18-12-6-7-15(16)11(2)8-12/h6-8,13-14,17H,3-5,9-10H2,1-2H3. The monoisotopic (exact) mass is 327 g/mol. The Morgan fingerprint density at radius 2 is 2.16 bits per heavy atom. The molecular formula is C15H22BrNO2. The number of halogens is 1. The summed E-state index contributed by atoms with van der Waals surface area (Å²) >= 11 is 3.49. The highest BCUT2D eigenvalue weighted by Gasteiger charge is 2.25. The molecule has 0 bridgehead atoms. The summed E-state index contributed by atoms with van der Waals surface area (Å²) in [5, 5.41) is 3.33. The molecule has 19 heavy (non-hydrogen) atoms. The fourth-order valence-corrected chi connectivity index (χ4v) is 2.50. The molecule has 1 saturated heterocycles. The first kappa shape index (κ1) is 14.8. The molecule has 1 N–H and O–H groups in total. The Hall–Kier alpha value is -0.580. The zero-order chi connectivity index (χ0) is 13.7. The van der Waals surface area contributed by atoms with Crippen LogP contribution in [0.1, 0.15) is 25.3 Å². The number of ether oxygens (including phenoxy) is 2. The predicted molar refractivity (Wildman–Crippen MR) is 80.8 cm³/mol. The molecule has 0 aromatic heterocycles. The van der Waals surface area contributed by atoms with Gasteiger partial charge in [0, 0.05) is 11.0 Å². The van der Waals surface area contributed by atoms with Crippen LogP contribution in [-0.2, 0) is 4.74 Å². The predicted octanol–water partition coefficient (Wildman–Crippen LogP) is 3.29. The number of benzene rings is 1. The van der Waals surface area contributed by atoms with Crippen LogP contribution in [0.5, 0.6) is 5.75 Å². The first-order valence-corrected chi connectivity index (χ1v) is 7.73. The quantitative estimate of drug-likeness (QED) is 0.869. The van der Waals surface area contributed by atoms with Crippen molar-refractivity contribution in [3.05, 3.63) is 28.2 Å². The van der Waals surface area contributed by atoms with Crippen LogP contribution in [-0.4, -0.2) is 31.9 Å². The summed E-state index contributed by atoms with van der Waals surface area (Å²) in [6.07, 6.45) is 2.79. The van der Waals surface area contributed by atoms with Crippen LogP contribution in [0.15, 0.2) is 22.7 Å². The molecule has 106 valence electrons. The maximum atomic E-state index is 5.94. The van der Waals surface area contributed by atoms with Crippen molar-refractivity contribution < 1.29 is 9.47 Å². The number of hydrogen-bond donors (Lipinski definition) is 1. The van der Waals surface area contributed by atoms with Gasteiger partial charge in [0.1, 0.15) is 12.4 Å². The zero-order valence-corrected chi connectivity index (χ0v) is 13.2. The average molecular weight is 328 g/mol. The van der Waals surface area contributed by atoms with Crippen molar-refractivity contribution in [3.8, 4) is 5.75 Å². The van der Waals surface area contributed by atoms with E-state index in [9.17, 15) is 0 Å². The van der Waals surface area contributed by atoms with Crippen molar-refractivity contribution in [1.29, 1.82) is 0 Å². The summed E-state index contributed by atoms with van der Waals surface area (Å²) in [6.45, 7) is 6.77. The van der Waals surface area contributed by atoms with Crippen molar-refractivity contribution in [2.24, 2.45) is 0 Å². The van der Waals surface area contributed by atoms with Gasteiger partial charge in [-0.1, -0.05) is 22.9 Å². The van der Waals surface area contributed by atoms with Gasteiger partial charge in [-0.2, -0.15) is 0 Å². The van der Waals surface area contributed by atoms with Crippen LogP contribution in [0.3, 0.4) is 0 Å². The average Bonchev–Trinajstić information content (AvgIpc) is 2.86. The van der Waals surface area contributed by atoms with E-state index in [-0.39, 0.29) is 6.10 Å². The molecule has 0 saturated carbocycles. The number of hydrogen-bond acceptors (Lipinski definition) is 3. The van der Waals surface area contributed by atoms with Gasteiger partial charge < -0.3 is 14.8 Å². The van der Waals surface area contributed by atoms with E-state index in [0.29, 0.717) is 12.7 Å². The Morgan fingerprint density at radius 3 is 2.89 bits per heavy atom. The fourth-order valence-electron chi connectivity index (χ4n) is 2.25. The molecule has 1 aromatic rings. The lowest BCUT2D eigenvalue weighted by Crippen LogP contribution is -2.28. The number of nitrogens with one attached hydrogen (secondary N) is 1. The number of likely N-dealkylation sites (N-methyl/N-ethyl adjacent to an activating group) is 1. The summed E-state index contributed by atoms with van der Waals surface area (Å²) in [7, 11) is 0. The highest BCUT2D eigenvalue weighted by Crippen LogP contribution is 2.24. The third-order valence-electron chi connectivity index (χ3n) is 3.38. The minimum absolute atomic E-state index is 0.229. The van der Waals surface area contributed by atoms with Gasteiger partial charge in [0.2, 0.25) is 0 Å². The van der Waals surface area contributed by atoms with Crippen molar-refractivity contribution in [2.45, 2.75) is 38.9 Å². The van der Waals surface area contributed by atoms with Gasteiger partial charge in [-0.3, -0.25) is 0 Å². The van der Waals surface area contributed by atoms with Crippen LogP contribution in [0.25, 0.3) is 0 Å². The van der Waals surface area contributed by atoms with Crippen LogP contribution < -0.4 is 10.1 Å². The molecule has 3 nitrogen and oxygen atoms in total. The summed E-state index contributed by atoms with van der Waals surface area (Å²) in [6, 6.07) is 6.06. The van der Waals surface area contributed by atoms with Crippen molar-refractivity contribution in [1.82, 2.24) is 5.32 Å². The Kier molecular flexibility index (Phi) is 5.67. The zero-order valence-electron chi connectivity index (χ0n) is 11.6. The summed E-state index contributed by atoms with van der Waals surface area (Å²) in [4.78, 5) is 0. The third kappa shape index (κ3) is 4.48. The molecule has 1 fully saturated rings. The van der Waals surface area contributed by atoms with Crippen LogP contribution in [0.4, 0.5) is 0 Å². The molecule has 1 heterocycles. The van der Waals surface area contributed by atoms with Crippen LogP contribution in [0, 0.1) is 6.92 Å². The Morgan fingerprint density at radius 1 is 1.37 bits per heavy atom. The highest BCUT2D eigenvalue weighted by molar-refractivity contribution is 9.10. The molecule has 1 aliphatic rings. The third-order valence-corrected chi connectivity index (χ3v) is 4.27. The molecule has 0 amide bonds. The molecule has 0 radical (unpaired) electrons. The molecule has 1 aliphatic heterocycles. The molecule has 2 rings (SSSR count). The van der Waals surface area contributed by atoms with E-state index in [4.69, 9.17) is 9.47 Å². The van der Waals surface area contributed by atoms with Gasteiger partial charge in [-0.05, 0) is 50.1 Å². The Bertz CT molecular complexity index is 411. The first-order chi connectivity index (χ1) is 9.19. The van der Waals surface area contributed by atoms with Gasteiger partial charge >= 0.3 is 0 Å². The fraction of sp³-hybridized carbons (Fsp3) is 0.600. The SMILES string of the molecule is CCNCC1CCC(COc2ccc(Br)c(C)c2)O1. The normalized spacial score (nSPS) is 22.7. The molecule has 0 spiro atoms. The van der Waals surface area contributed by atoms with E-state index in [1.165, 1.54) is 5.56 Å². The number of aryl methyl sites for hydroxylation is 1. The van der Waals surface area contributed by atoms with E-state index >= 15 is 0 Å². The van der Waals surface area contributed by atoms with Gasteiger partial charge in [-0.25, -0.2) is 0 Å². The summed E-state index contributed by atoms with van der Waals surface area (Å²) < 4.78 is 12.9. The second-order valence-corrected chi connectivity index (χ2v) is 5.84. The van der Waals surface area contributed by atoms with E-state index in [2.05, 4.69) is 41.2 Å². The van der Waals surface area contributed by atoms with E-state index in [0.717, 1.165) is 36.2 Å². The minimum Gasteiger partial charge on any atom is -0.491 e. The lowest BCUT2D eigenvalue weighted by Gasteiger charge is -2.15. The molecule has 4 heteroatoms. The largest absolute Gasteiger partial charge is 0.491 e. The summed E-state index contributed by atoms with van der Waals surface area (Å²) in [5.41, 5.74) is 1.19. The van der Waals surface area contributed by atoms with Gasteiger partial charge in [-0.15, -0.1) is 0 Å². The molecule has 2 atom stereocenters. The highest BCUT2D eigenvalue weighted by atomic mass is 79.9. The molecule has 0 aliphatic carbocycles. The topological polar surface area (TPSA) is 30.5 Å². The maximum absolute atomic E-state index is 5.94. The van der Waals surface area contributed by atoms with Gasteiger partial charge in [0.05, 0.1) is 12.2 Å². The first-order valence-electron chi connectivity index (χ1n) is 6.94. The minimum atomic E-state index is 0.229. The summed E-state index contributed by atoms with van der Waals surface area (Å²) in [5.74, 6) is 0.916. The second-order valence-electron chi connectivity index (χ2n) is 4.99. The maximum Gasteiger partial charge on any atom is 0.119 e. The van der Waals surface area contributed by atoms with Gasteiger partial charge in [0.15, 0.2) is 0 Å². The van der Waals surface area contributed by atoms with Crippen molar-refractivity contribution in [2.75, 3.05) is 19.7 Å². The van der Waals surface area contributed by atoms with Crippen LogP contribution in [0.2, 0.25) is 0 Å². The van der Waals surface area contributed by atoms with Crippen molar-refractivity contribution >= 4 is 15.9 Å². The molecular weight excluding hydrogens is 306 g/mol. The van der Waals surface area contributed by atoms with Crippen LogP contribution >= 0.6 is 15.9 Å². The second kappa shape index (κ2) is 7.27. The van der Waals surface area contributed by atoms with E-state index in [1.54, 1.807) is 0 Å². The van der Waals surface area contributed by atoms with Crippen molar-refractivity contribution in [3.63, 3.8) is 0 Å². The van der Waals surface area contributed by atoms with E-state index in [1.807, 2.05) is 12.1 Å².